The zero-order chi connectivity index (χ0) is 82.2. The Balaban J connectivity index is 4.64. The van der Waals surface area contributed by atoms with Gasteiger partial charge in [0.2, 0.25) is 0 Å². The minimum absolute atomic E-state index is 0.0273. The molecule has 642 valence electrons. The highest BCUT2D eigenvalue weighted by Gasteiger charge is 2.29. The van der Waals surface area contributed by atoms with E-state index in [4.69, 9.17) is 32.3 Å². The Morgan fingerprint density at radius 2 is 0.487 bits per heavy atom. The van der Waals surface area contributed by atoms with Crippen molar-refractivity contribution in [2.45, 2.75) is 347 Å². The number of unbranched alkanes of at least 4 members (excludes halogenated alkanes) is 26. The van der Waals surface area contributed by atoms with Gasteiger partial charge in [0.15, 0.2) is 6.10 Å². The number of ether oxygens (including phenoxy) is 3. The van der Waals surface area contributed by atoms with E-state index >= 15 is 0 Å². The number of esters is 3. The summed E-state index contributed by atoms with van der Waals surface area (Å²) in [6, 6.07) is 0. The van der Waals surface area contributed by atoms with Gasteiger partial charge in [-0.3, -0.25) is 32.5 Å². The van der Waals surface area contributed by atoms with E-state index in [1.165, 1.54) is 116 Å². The fourth-order valence-corrected chi connectivity index (χ4v) is 12.8. The van der Waals surface area contributed by atoms with Crippen molar-refractivity contribution in [1.29, 1.82) is 0 Å². The highest BCUT2D eigenvalue weighted by atomic mass is 31.2. The molecule has 0 rings (SSSR count). The van der Waals surface area contributed by atoms with Crippen molar-refractivity contribution in [2.24, 2.45) is 0 Å². The fourth-order valence-electron chi connectivity index (χ4n) is 11.2. The maximum absolute atomic E-state index is 13.0. The third-order valence-electron chi connectivity index (χ3n) is 17.8. The largest absolute Gasteiger partial charge is 0.472 e. The molecular weight excluding hydrogens is 1460 g/mol. The molecule has 0 amide bonds. The highest BCUT2D eigenvalue weighted by molar-refractivity contribution is 7.47. The molecule has 0 aliphatic carbocycles. The summed E-state index contributed by atoms with van der Waals surface area (Å²) in [5, 5.41) is 20.7. The molecule has 0 heterocycles. The van der Waals surface area contributed by atoms with Gasteiger partial charge in [-0.05, 0) is 154 Å². The Bertz CT molecular complexity index is 2830. The second kappa shape index (κ2) is 85.8. The van der Waals surface area contributed by atoms with Gasteiger partial charge in [0.1, 0.15) is 25.4 Å². The number of phosphoric ester groups is 2. The predicted octanol–water partition coefficient (Wildman–Crippen LogP) is 26.7. The number of hydrogen-bond donors (Lipinski definition) is 4. The van der Waals surface area contributed by atoms with Crippen LogP contribution in [-0.4, -0.2) is 95.9 Å². The summed E-state index contributed by atoms with van der Waals surface area (Å²) in [5.74, 6) is -1.68. The van der Waals surface area contributed by atoms with Crippen LogP contribution in [0.25, 0.3) is 0 Å². The number of carbonyl (C=O) groups excluding carboxylic acids is 3. The van der Waals surface area contributed by atoms with Crippen LogP contribution < -0.4 is 0 Å². The molecule has 16 nitrogen and oxygen atoms in total. The summed E-state index contributed by atoms with van der Waals surface area (Å²) in [7, 11) is -9.84. The van der Waals surface area contributed by atoms with Crippen molar-refractivity contribution in [1.82, 2.24) is 0 Å². The van der Waals surface area contributed by atoms with E-state index in [1.807, 2.05) is 18.2 Å². The van der Waals surface area contributed by atoms with Crippen LogP contribution in [0, 0.1) is 0 Å². The maximum Gasteiger partial charge on any atom is 0.472 e. The molecule has 4 N–H and O–H groups in total. The molecule has 0 fully saturated rings. The molecule has 0 aromatic carbocycles. The van der Waals surface area contributed by atoms with Gasteiger partial charge in [0, 0.05) is 19.3 Å². The van der Waals surface area contributed by atoms with Crippen molar-refractivity contribution in [3.63, 3.8) is 0 Å². The topological polar surface area (TPSA) is 231 Å². The standard InChI is InChI=1S/C95H156O16P2/c1-4-7-10-13-16-19-22-25-28-31-34-36-38-40-42-43-44-45-47-49-50-52-55-57-60-63-66-69-72-75-78-81-93(98)105-84-90(96)85-107-112(101,102)108-86-91(97)87-109-113(103,104)110-89-92(111-95(100)83-80-77-74-71-68-65-62-59-54-33-30-27-24-21-18-15-12-9-6-3)88-106-94(99)82-79-76-73-70-67-64-61-58-56-53-51-48-46-41-39-37-35-32-29-26-23-20-17-14-11-8-5-2/h7,9-10,12,16-21,25-30,34-37,40-42,44-46,54,59,65,68,74,77,90-92,96-97H,4-6,8,11,13-15,22-24,31-33,38-39,43,47-53,55-58,60-64,66-67,69-73,75-76,78-89H2,1-3H3,(H,101,102)(H,103,104)/b10-7-,12-9-,19-16-,20-17-,21-18-,28-25-,29-26-,30-27-,36-34-,37-35-,42-40-,45-44-,46-41-,59-54-,68-65-,77-74-. The zero-order valence-corrected chi connectivity index (χ0v) is 72.3. The van der Waals surface area contributed by atoms with Gasteiger partial charge < -0.3 is 34.2 Å². The van der Waals surface area contributed by atoms with Crippen LogP contribution in [0.4, 0.5) is 0 Å². The normalized spacial score (nSPS) is 14.8. The van der Waals surface area contributed by atoms with Crippen molar-refractivity contribution in [2.75, 3.05) is 39.6 Å². The molecule has 0 aromatic heterocycles. The molecule has 0 spiro atoms. The number of allylic oxidation sites excluding steroid dienone is 32. The van der Waals surface area contributed by atoms with Gasteiger partial charge in [0.25, 0.3) is 0 Å². The quantitative estimate of drug-likeness (QED) is 0.0146. The van der Waals surface area contributed by atoms with Crippen molar-refractivity contribution < 1.29 is 75.8 Å². The summed E-state index contributed by atoms with van der Waals surface area (Å²) >= 11 is 0. The van der Waals surface area contributed by atoms with Gasteiger partial charge in [-0.15, -0.1) is 0 Å². The summed E-state index contributed by atoms with van der Waals surface area (Å²) in [6.07, 6.45) is 114. The summed E-state index contributed by atoms with van der Waals surface area (Å²) in [4.78, 5) is 58.8. The Labute approximate surface area is 687 Å². The van der Waals surface area contributed by atoms with Gasteiger partial charge in [-0.25, -0.2) is 9.13 Å². The minimum Gasteiger partial charge on any atom is -0.463 e. The van der Waals surface area contributed by atoms with Gasteiger partial charge in [0.05, 0.1) is 26.4 Å². The average Bonchev–Trinajstić information content (AvgIpc) is 0.899. The lowest BCUT2D eigenvalue weighted by molar-refractivity contribution is -0.161. The van der Waals surface area contributed by atoms with Gasteiger partial charge >= 0.3 is 33.6 Å². The third-order valence-corrected chi connectivity index (χ3v) is 19.7. The first-order chi connectivity index (χ1) is 55.2. The smallest absolute Gasteiger partial charge is 0.463 e. The SMILES string of the molecule is CC/C=C\C/C=C\C/C=C\C/C=C\C/C=C\C/C=C\CCCCCCCCCCCCCCC(=O)OCC(O)COP(=O)(O)OCC(O)COP(=O)(O)OCC(COC(=O)CCCCCCCCCCCCC/C=C\C/C=C\C/C=C\C/C=C\CCCCC)OC(=O)CC/C=C\C/C=C\C/C=C\C/C=C\C/C=C\C/C=C\CC. The number of carbonyl (C=O) groups is 3. The van der Waals surface area contributed by atoms with Crippen LogP contribution in [0.1, 0.15) is 329 Å². The molecule has 0 radical (unpaired) electrons. The van der Waals surface area contributed by atoms with E-state index in [0.29, 0.717) is 25.7 Å². The molecule has 0 aliphatic heterocycles. The van der Waals surface area contributed by atoms with E-state index in [0.717, 1.165) is 148 Å². The average molecular weight is 1620 g/mol. The number of aliphatic hydroxyl groups excluding tert-OH is 2. The molecule has 5 atom stereocenters. The third kappa shape index (κ3) is 87.1. The van der Waals surface area contributed by atoms with Gasteiger partial charge in [-0.1, -0.05) is 350 Å². The molecule has 18 heteroatoms. The molecule has 0 bridgehead atoms. The second-order valence-electron chi connectivity index (χ2n) is 28.6. The number of hydrogen-bond acceptors (Lipinski definition) is 14. The lowest BCUT2D eigenvalue weighted by Crippen LogP contribution is -2.29. The van der Waals surface area contributed by atoms with Crippen LogP contribution in [0.5, 0.6) is 0 Å². The highest BCUT2D eigenvalue weighted by Crippen LogP contribution is 2.45. The van der Waals surface area contributed by atoms with E-state index in [-0.39, 0.29) is 19.3 Å². The van der Waals surface area contributed by atoms with Gasteiger partial charge in [-0.2, -0.15) is 0 Å². The first kappa shape index (κ1) is 107. The summed E-state index contributed by atoms with van der Waals surface area (Å²) in [6.45, 7) is 2.34. The van der Waals surface area contributed by atoms with E-state index in [2.05, 4.69) is 197 Å². The molecule has 113 heavy (non-hydrogen) atoms. The van der Waals surface area contributed by atoms with E-state index in [9.17, 15) is 43.5 Å². The Kier molecular flexibility index (Phi) is 81.5. The Morgan fingerprint density at radius 1 is 0.257 bits per heavy atom. The Morgan fingerprint density at radius 3 is 0.779 bits per heavy atom. The Hall–Kier alpha value is -5.61. The lowest BCUT2D eigenvalue weighted by atomic mass is 10.0. The van der Waals surface area contributed by atoms with Crippen molar-refractivity contribution in [3.8, 4) is 0 Å². The molecule has 5 unspecified atom stereocenters. The van der Waals surface area contributed by atoms with Crippen LogP contribution in [0.15, 0.2) is 194 Å². The van der Waals surface area contributed by atoms with Crippen LogP contribution >= 0.6 is 15.6 Å². The number of rotatable bonds is 81. The van der Waals surface area contributed by atoms with Crippen LogP contribution in [-0.2, 0) is 55.8 Å². The minimum atomic E-state index is -4.96. The summed E-state index contributed by atoms with van der Waals surface area (Å²) < 4.78 is 61.3. The molecule has 0 saturated carbocycles. The molecule has 0 aliphatic rings. The second-order valence-corrected chi connectivity index (χ2v) is 31.5. The fraction of sp³-hybridized carbons (Fsp3) is 0.632. The van der Waals surface area contributed by atoms with Crippen LogP contribution in [0.2, 0.25) is 0 Å². The molecule has 0 saturated heterocycles. The number of phosphoric acid groups is 2. The summed E-state index contributed by atoms with van der Waals surface area (Å²) in [5.41, 5.74) is 0. The first-order valence-corrected chi connectivity index (χ1v) is 46.7. The first-order valence-electron chi connectivity index (χ1n) is 43.7. The van der Waals surface area contributed by atoms with Crippen molar-refractivity contribution in [3.05, 3.63) is 194 Å². The number of aliphatic hydroxyl groups is 2. The maximum atomic E-state index is 13.0. The lowest BCUT2D eigenvalue weighted by Gasteiger charge is -2.21. The molecular formula is C95H156O16P2. The van der Waals surface area contributed by atoms with Crippen molar-refractivity contribution >= 4 is 33.6 Å². The molecule has 0 aromatic rings. The predicted molar refractivity (Wildman–Crippen MR) is 472 cm³/mol. The van der Waals surface area contributed by atoms with Crippen LogP contribution in [0.3, 0.4) is 0 Å². The monoisotopic (exact) mass is 1620 g/mol. The van der Waals surface area contributed by atoms with E-state index in [1.54, 1.807) is 0 Å². The zero-order valence-electron chi connectivity index (χ0n) is 70.5. The van der Waals surface area contributed by atoms with E-state index < -0.39 is 91.5 Å².